The van der Waals surface area contributed by atoms with Gasteiger partial charge in [0.05, 0.1) is 6.33 Å². The lowest BCUT2D eigenvalue weighted by atomic mass is 10.2. The Labute approximate surface area is 178 Å². The van der Waals surface area contributed by atoms with Crippen molar-refractivity contribution >= 4 is 39.6 Å². The number of benzene rings is 2. The smallest absolute Gasteiger partial charge is 0.326 e. The van der Waals surface area contributed by atoms with Crippen molar-refractivity contribution in [2.45, 2.75) is 13.2 Å². The lowest BCUT2D eigenvalue weighted by Crippen LogP contribution is -2.25. The number of rotatable bonds is 5. The molecule has 0 aliphatic carbocycles. The number of esters is 1. The highest BCUT2D eigenvalue weighted by molar-refractivity contribution is 6.30. The minimum absolute atomic E-state index is 0.0843. The molecule has 3 heterocycles. The molecule has 0 unspecified atom stereocenters. The topological polar surface area (TPSA) is 113 Å². The number of carbonyl (C=O) groups is 1. The summed E-state index contributed by atoms with van der Waals surface area (Å²) in [4.78, 5) is 29.1. The van der Waals surface area contributed by atoms with E-state index in [4.69, 9.17) is 25.2 Å². The van der Waals surface area contributed by atoms with Crippen LogP contribution in [0, 0.1) is 0 Å². The van der Waals surface area contributed by atoms with E-state index in [1.54, 1.807) is 36.4 Å². The van der Waals surface area contributed by atoms with Crippen LogP contribution in [0.3, 0.4) is 0 Å². The van der Waals surface area contributed by atoms with E-state index >= 15 is 0 Å². The predicted molar refractivity (Wildman–Crippen MR) is 110 cm³/mol. The molecule has 3 aromatic heterocycles. The van der Waals surface area contributed by atoms with Gasteiger partial charge in [-0.05, 0) is 36.4 Å². The minimum Gasteiger partial charge on any atom is -0.454 e. The van der Waals surface area contributed by atoms with Gasteiger partial charge in [-0.15, -0.1) is 10.2 Å². The summed E-state index contributed by atoms with van der Waals surface area (Å²) < 4.78 is 17.4. The number of fused-ring (bicyclic) bond motifs is 3. The molecular weight excluding hydrogens is 424 g/mol. The molecule has 0 saturated carbocycles. The number of para-hydroxylation sites is 1. The molecule has 10 heteroatoms. The molecule has 2 aromatic carbocycles. The first-order chi connectivity index (χ1) is 15.1. The Morgan fingerprint density at radius 1 is 1.06 bits per heavy atom. The molecule has 0 N–H and O–H groups in total. The zero-order valence-corrected chi connectivity index (χ0v) is 16.6. The molecule has 0 radical (unpaired) electrons. The van der Waals surface area contributed by atoms with Gasteiger partial charge >= 0.3 is 5.97 Å². The van der Waals surface area contributed by atoms with E-state index in [9.17, 15) is 9.59 Å². The van der Waals surface area contributed by atoms with Crippen molar-refractivity contribution in [3.8, 4) is 11.5 Å². The summed E-state index contributed by atoms with van der Waals surface area (Å²) in [6, 6.07) is 14.1. The van der Waals surface area contributed by atoms with Crippen molar-refractivity contribution in [3.63, 3.8) is 0 Å². The zero-order valence-electron chi connectivity index (χ0n) is 15.8. The quantitative estimate of drug-likeness (QED) is 0.384. The van der Waals surface area contributed by atoms with Gasteiger partial charge in [0.1, 0.15) is 17.6 Å². The Bertz CT molecular complexity index is 1470. The molecule has 0 aliphatic rings. The molecular formula is C21H13ClN4O5. The van der Waals surface area contributed by atoms with Gasteiger partial charge in [-0.25, -0.2) is 4.98 Å². The Morgan fingerprint density at radius 2 is 1.87 bits per heavy atom. The summed E-state index contributed by atoms with van der Waals surface area (Å²) >= 11 is 5.86. The zero-order chi connectivity index (χ0) is 21.4. The van der Waals surface area contributed by atoms with Gasteiger partial charge in [-0.2, -0.15) is 0 Å². The van der Waals surface area contributed by atoms with Crippen LogP contribution in [-0.4, -0.2) is 25.7 Å². The summed E-state index contributed by atoms with van der Waals surface area (Å²) in [5, 5.41) is 9.09. The summed E-state index contributed by atoms with van der Waals surface area (Å²) in [6.07, 6.45) is 1.29. The van der Waals surface area contributed by atoms with E-state index < -0.39 is 11.5 Å². The standard InChI is InChI=1S/C21H13ClN4O5/c22-13-7-5-12(6-8-13)20-25-24-16(31-20)10-29-17(27)9-26-11-23-18-14-3-1-2-4-15(14)30-19(18)21(26)28/h1-8,11H,9-10H2. The van der Waals surface area contributed by atoms with E-state index in [2.05, 4.69) is 15.2 Å². The van der Waals surface area contributed by atoms with Gasteiger partial charge in [-0.3, -0.25) is 14.2 Å². The number of ether oxygens (including phenoxy) is 1. The van der Waals surface area contributed by atoms with Crippen LogP contribution in [0.5, 0.6) is 0 Å². The summed E-state index contributed by atoms with van der Waals surface area (Å²) in [6.45, 7) is -0.564. The number of hydrogen-bond donors (Lipinski definition) is 0. The van der Waals surface area contributed by atoms with Crippen molar-refractivity contribution in [2.24, 2.45) is 0 Å². The summed E-state index contributed by atoms with van der Waals surface area (Å²) in [7, 11) is 0. The first-order valence-corrected chi connectivity index (χ1v) is 9.57. The molecule has 0 bridgehead atoms. The number of nitrogens with zero attached hydrogens (tertiary/aromatic N) is 4. The highest BCUT2D eigenvalue weighted by atomic mass is 35.5. The number of carbonyl (C=O) groups excluding carboxylic acids is 1. The van der Waals surface area contributed by atoms with Crippen molar-refractivity contribution < 1.29 is 18.4 Å². The third-order valence-electron chi connectivity index (χ3n) is 4.56. The average Bonchev–Trinajstić information content (AvgIpc) is 3.40. The molecule has 5 rings (SSSR count). The second kappa shape index (κ2) is 7.69. The van der Waals surface area contributed by atoms with Crippen LogP contribution < -0.4 is 5.56 Å². The first kappa shape index (κ1) is 19.0. The maximum Gasteiger partial charge on any atom is 0.326 e. The van der Waals surface area contributed by atoms with E-state index in [0.29, 0.717) is 21.7 Å². The van der Waals surface area contributed by atoms with E-state index in [0.717, 1.165) is 9.95 Å². The second-order valence-electron chi connectivity index (χ2n) is 6.62. The van der Waals surface area contributed by atoms with Crippen LogP contribution in [-0.2, 0) is 22.7 Å². The normalized spacial score (nSPS) is 11.3. The molecule has 0 saturated heterocycles. The fourth-order valence-electron chi connectivity index (χ4n) is 3.08. The van der Waals surface area contributed by atoms with Crippen molar-refractivity contribution in [2.75, 3.05) is 0 Å². The van der Waals surface area contributed by atoms with Crippen LogP contribution in [0.25, 0.3) is 33.5 Å². The van der Waals surface area contributed by atoms with Crippen molar-refractivity contribution in [1.82, 2.24) is 19.7 Å². The monoisotopic (exact) mass is 436 g/mol. The van der Waals surface area contributed by atoms with Crippen LogP contribution in [0.1, 0.15) is 5.89 Å². The maximum absolute atomic E-state index is 12.7. The van der Waals surface area contributed by atoms with E-state index in [-0.39, 0.29) is 30.5 Å². The van der Waals surface area contributed by atoms with Crippen LogP contribution in [0.4, 0.5) is 0 Å². The second-order valence-corrected chi connectivity index (χ2v) is 7.06. The number of hydrogen-bond acceptors (Lipinski definition) is 8. The number of furan rings is 1. The van der Waals surface area contributed by atoms with Gasteiger partial charge in [0, 0.05) is 16.0 Å². The average molecular weight is 437 g/mol. The molecule has 0 spiro atoms. The van der Waals surface area contributed by atoms with Crippen LogP contribution in [0.2, 0.25) is 5.02 Å². The fourth-order valence-corrected chi connectivity index (χ4v) is 3.20. The fraction of sp³-hybridized carbons (Fsp3) is 0.0952. The van der Waals surface area contributed by atoms with Gasteiger partial charge in [0.2, 0.25) is 11.5 Å². The largest absolute Gasteiger partial charge is 0.454 e. The van der Waals surface area contributed by atoms with Gasteiger partial charge in [-0.1, -0.05) is 23.7 Å². The first-order valence-electron chi connectivity index (χ1n) is 9.19. The van der Waals surface area contributed by atoms with Crippen molar-refractivity contribution in [3.05, 3.63) is 76.1 Å². The molecule has 154 valence electrons. The Kier molecular flexibility index (Phi) is 4.72. The Morgan fingerprint density at radius 3 is 2.71 bits per heavy atom. The molecule has 0 amide bonds. The number of halogens is 1. The summed E-state index contributed by atoms with van der Waals surface area (Å²) in [5.74, 6) is -0.263. The molecule has 0 aliphatic heterocycles. The van der Waals surface area contributed by atoms with Crippen molar-refractivity contribution in [1.29, 1.82) is 0 Å². The van der Waals surface area contributed by atoms with Gasteiger partial charge < -0.3 is 13.6 Å². The third kappa shape index (κ3) is 3.66. The lowest BCUT2D eigenvalue weighted by molar-refractivity contribution is -0.146. The van der Waals surface area contributed by atoms with Crippen LogP contribution >= 0.6 is 11.6 Å². The van der Waals surface area contributed by atoms with Gasteiger partial charge in [0.15, 0.2) is 6.61 Å². The minimum atomic E-state index is -0.661. The highest BCUT2D eigenvalue weighted by Gasteiger charge is 2.16. The molecule has 0 atom stereocenters. The lowest BCUT2D eigenvalue weighted by Gasteiger charge is -2.04. The van der Waals surface area contributed by atoms with Gasteiger partial charge in [0.25, 0.3) is 11.4 Å². The summed E-state index contributed by atoms with van der Waals surface area (Å²) in [5.41, 5.74) is 1.30. The molecule has 31 heavy (non-hydrogen) atoms. The van der Waals surface area contributed by atoms with E-state index in [1.807, 2.05) is 12.1 Å². The van der Waals surface area contributed by atoms with Crippen LogP contribution in [0.15, 0.2) is 68.5 Å². The highest BCUT2D eigenvalue weighted by Crippen LogP contribution is 2.24. The maximum atomic E-state index is 12.7. The molecule has 0 fully saturated rings. The third-order valence-corrected chi connectivity index (χ3v) is 4.82. The number of aromatic nitrogens is 4. The Balaban J connectivity index is 1.28. The van der Waals surface area contributed by atoms with E-state index in [1.165, 1.54) is 6.33 Å². The predicted octanol–water partition coefficient (Wildman–Crippen LogP) is 3.59. The molecule has 9 nitrogen and oxygen atoms in total. The Hall–Kier alpha value is -3.98. The molecule has 5 aromatic rings. The SMILES string of the molecule is O=C(Cn1cnc2c(oc3ccccc32)c1=O)OCc1nnc(-c2ccc(Cl)cc2)o1.